The summed E-state index contributed by atoms with van der Waals surface area (Å²) in [6, 6.07) is 9.05. The predicted molar refractivity (Wildman–Crippen MR) is 91.8 cm³/mol. The molecule has 2 saturated heterocycles. The Morgan fingerprint density at radius 1 is 1.27 bits per heavy atom. The SMILES string of the molecule is c1ccc(OCCN2CCOCC2)c(CNC2CCSC2)c1. The summed E-state index contributed by atoms with van der Waals surface area (Å²) in [4.78, 5) is 2.40. The van der Waals surface area contributed by atoms with Crippen molar-refractivity contribution in [2.75, 3.05) is 51.0 Å². The highest BCUT2D eigenvalue weighted by atomic mass is 32.2. The van der Waals surface area contributed by atoms with E-state index in [1.165, 1.54) is 23.5 Å². The quantitative estimate of drug-likeness (QED) is 0.830. The van der Waals surface area contributed by atoms with E-state index in [4.69, 9.17) is 9.47 Å². The van der Waals surface area contributed by atoms with Gasteiger partial charge in [-0.05, 0) is 18.2 Å². The van der Waals surface area contributed by atoms with Crippen molar-refractivity contribution in [1.29, 1.82) is 0 Å². The lowest BCUT2D eigenvalue weighted by Gasteiger charge is -2.26. The third-order valence-corrected chi connectivity index (χ3v) is 5.41. The highest BCUT2D eigenvalue weighted by Gasteiger charge is 2.15. The summed E-state index contributed by atoms with van der Waals surface area (Å²) in [5.41, 5.74) is 1.27. The van der Waals surface area contributed by atoms with Gasteiger partial charge in [-0.1, -0.05) is 18.2 Å². The molecule has 0 saturated carbocycles. The van der Waals surface area contributed by atoms with Gasteiger partial charge in [0.05, 0.1) is 13.2 Å². The van der Waals surface area contributed by atoms with Gasteiger partial charge in [0.2, 0.25) is 0 Å². The Morgan fingerprint density at radius 3 is 2.95 bits per heavy atom. The first-order valence-corrected chi connectivity index (χ1v) is 9.39. The van der Waals surface area contributed by atoms with E-state index in [2.05, 4.69) is 34.5 Å². The molecular formula is C17H26N2O2S. The number of nitrogens with zero attached hydrogens (tertiary/aromatic N) is 1. The van der Waals surface area contributed by atoms with Gasteiger partial charge in [0, 0.05) is 43.5 Å². The van der Waals surface area contributed by atoms with Gasteiger partial charge in [-0.3, -0.25) is 4.90 Å². The van der Waals surface area contributed by atoms with Crippen LogP contribution >= 0.6 is 11.8 Å². The molecule has 1 atom stereocenters. The second-order valence-electron chi connectivity index (χ2n) is 5.85. The van der Waals surface area contributed by atoms with Crippen molar-refractivity contribution in [2.45, 2.75) is 19.0 Å². The summed E-state index contributed by atoms with van der Waals surface area (Å²) in [7, 11) is 0. The van der Waals surface area contributed by atoms with Crippen molar-refractivity contribution in [2.24, 2.45) is 0 Å². The van der Waals surface area contributed by atoms with Crippen LogP contribution in [0.25, 0.3) is 0 Å². The number of morpholine rings is 1. The highest BCUT2D eigenvalue weighted by Crippen LogP contribution is 2.21. The number of hydrogen-bond acceptors (Lipinski definition) is 5. The summed E-state index contributed by atoms with van der Waals surface area (Å²) >= 11 is 2.04. The minimum absolute atomic E-state index is 0.659. The Hall–Kier alpha value is -0.750. The maximum absolute atomic E-state index is 6.03. The molecule has 0 amide bonds. The molecule has 0 aromatic heterocycles. The molecule has 3 rings (SSSR count). The third-order valence-electron chi connectivity index (χ3n) is 4.25. The lowest BCUT2D eigenvalue weighted by atomic mass is 10.2. The lowest BCUT2D eigenvalue weighted by molar-refractivity contribution is 0.0322. The third kappa shape index (κ3) is 4.88. The van der Waals surface area contributed by atoms with Crippen LogP contribution in [0.2, 0.25) is 0 Å². The van der Waals surface area contributed by atoms with Crippen LogP contribution < -0.4 is 10.1 Å². The molecule has 0 radical (unpaired) electrons. The molecule has 0 bridgehead atoms. The van der Waals surface area contributed by atoms with Crippen LogP contribution in [0.5, 0.6) is 5.75 Å². The van der Waals surface area contributed by atoms with Crippen LogP contribution in [-0.4, -0.2) is 61.9 Å². The second kappa shape index (κ2) is 8.77. The lowest BCUT2D eigenvalue weighted by Crippen LogP contribution is -2.38. The first kappa shape index (κ1) is 16.1. The van der Waals surface area contributed by atoms with Gasteiger partial charge in [-0.2, -0.15) is 11.8 Å². The van der Waals surface area contributed by atoms with E-state index in [9.17, 15) is 0 Å². The standard InChI is InChI=1S/C17H26N2O2S/c1-2-4-17(21-11-8-19-6-9-20-10-7-19)15(3-1)13-18-16-5-12-22-14-16/h1-4,16,18H,5-14H2. The van der Waals surface area contributed by atoms with Gasteiger partial charge in [-0.15, -0.1) is 0 Å². The number of thioether (sulfide) groups is 1. The Morgan fingerprint density at radius 2 is 2.14 bits per heavy atom. The van der Waals surface area contributed by atoms with Gasteiger partial charge in [-0.25, -0.2) is 0 Å². The van der Waals surface area contributed by atoms with Crippen LogP contribution in [0, 0.1) is 0 Å². The van der Waals surface area contributed by atoms with Crippen LogP contribution in [0.1, 0.15) is 12.0 Å². The maximum Gasteiger partial charge on any atom is 0.123 e. The summed E-state index contributed by atoms with van der Waals surface area (Å²) < 4.78 is 11.4. The Kier molecular flexibility index (Phi) is 6.43. The van der Waals surface area contributed by atoms with E-state index in [0.29, 0.717) is 6.04 Å². The van der Waals surface area contributed by atoms with Gasteiger partial charge < -0.3 is 14.8 Å². The van der Waals surface area contributed by atoms with Crippen molar-refractivity contribution in [3.8, 4) is 5.75 Å². The largest absolute Gasteiger partial charge is 0.492 e. The Labute approximate surface area is 137 Å². The van der Waals surface area contributed by atoms with Gasteiger partial charge >= 0.3 is 0 Å². The molecule has 1 aromatic carbocycles. The zero-order chi connectivity index (χ0) is 15.0. The van der Waals surface area contributed by atoms with E-state index < -0.39 is 0 Å². The molecule has 2 heterocycles. The zero-order valence-electron chi connectivity index (χ0n) is 13.1. The molecule has 1 N–H and O–H groups in total. The molecule has 1 aromatic rings. The fourth-order valence-electron chi connectivity index (χ4n) is 2.85. The molecule has 2 fully saturated rings. The molecule has 4 nitrogen and oxygen atoms in total. The number of ether oxygens (including phenoxy) is 2. The average Bonchev–Trinajstić information content (AvgIpc) is 3.08. The average molecular weight is 322 g/mol. The molecule has 5 heteroatoms. The first-order chi connectivity index (χ1) is 10.9. The highest BCUT2D eigenvalue weighted by molar-refractivity contribution is 7.99. The van der Waals surface area contributed by atoms with E-state index in [1.807, 2.05) is 11.8 Å². The smallest absolute Gasteiger partial charge is 0.123 e. The predicted octanol–water partition coefficient (Wildman–Crippen LogP) is 1.99. The molecule has 22 heavy (non-hydrogen) atoms. The molecule has 0 aliphatic carbocycles. The maximum atomic E-state index is 6.03. The Balaban J connectivity index is 1.45. The van der Waals surface area contributed by atoms with E-state index >= 15 is 0 Å². The van der Waals surface area contributed by atoms with Crippen LogP contribution in [-0.2, 0) is 11.3 Å². The van der Waals surface area contributed by atoms with Gasteiger partial charge in [0.1, 0.15) is 12.4 Å². The van der Waals surface area contributed by atoms with E-state index in [-0.39, 0.29) is 0 Å². The fraction of sp³-hybridized carbons (Fsp3) is 0.647. The van der Waals surface area contributed by atoms with Crippen molar-refractivity contribution < 1.29 is 9.47 Å². The number of nitrogens with one attached hydrogen (secondary N) is 1. The minimum Gasteiger partial charge on any atom is -0.492 e. The van der Waals surface area contributed by atoms with Crippen molar-refractivity contribution in [3.05, 3.63) is 29.8 Å². The summed E-state index contributed by atoms with van der Waals surface area (Å²) in [5.74, 6) is 3.55. The van der Waals surface area contributed by atoms with Gasteiger partial charge in [0.25, 0.3) is 0 Å². The van der Waals surface area contributed by atoms with E-state index in [0.717, 1.165) is 51.7 Å². The monoisotopic (exact) mass is 322 g/mol. The summed E-state index contributed by atoms with van der Waals surface area (Å²) in [5, 5.41) is 3.65. The number of para-hydroxylation sites is 1. The molecular weight excluding hydrogens is 296 g/mol. The van der Waals surface area contributed by atoms with Gasteiger partial charge in [0.15, 0.2) is 0 Å². The van der Waals surface area contributed by atoms with Crippen LogP contribution in [0.4, 0.5) is 0 Å². The van der Waals surface area contributed by atoms with E-state index in [1.54, 1.807) is 0 Å². The normalized spacial score (nSPS) is 22.8. The molecule has 1 unspecified atom stereocenters. The number of hydrogen-bond donors (Lipinski definition) is 1. The number of benzene rings is 1. The Bertz CT molecular complexity index is 446. The second-order valence-corrected chi connectivity index (χ2v) is 7.00. The fourth-order valence-corrected chi connectivity index (χ4v) is 4.04. The zero-order valence-corrected chi connectivity index (χ0v) is 13.9. The molecule has 122 valence electrons. The molecule has 0 spiro atoms. The molecule has 2 aliphatic heterocycles. The summed E-state index contributed by atoms with van der Waals surface area (Å²) in [6.07, 6.45) is 1.28. The summed E-state index contributed by atoms with van der Waals surface area (Å²) in [6.45, 7) is 6.36. The topological polar surface area (TPSA) is 33.7 Å². The van der Waals surface area contributed by atoms with Crippen molar-refractivity contribution in [1.82, 2.24) is 10.2 Å². The minimum atomic E-state index is 0.659. The first-order valence-electron chi connectivity index (χ1n) is 8.24. The van der Waals surface area contributed by atoms with Crippen molar-refractivity contribution >= 4 is 11.8 Å². The number of rotatable bonds is 7. The van der Waals surface area contributed by atoms with Crippen molar-refractivity contribution in [3.63, 3.8) is 0 Å². The molecule has 2 aliphatic rings. The van der Waals surface area contributed by atoms with Crippen LogP contribution in [0.15, 0.2) is 24.3 Å². The van der Waals surface area contributed by atoms with Crippen LogP contribution in [0.3, 0.4) is 0 Å².